The fourth-order valence-electron chi connectivity index (χ4n) is 1.41. The molecule has 1 aromatic rings. The standard InChI is InChI=1S/C11H19N3O2/c1-4-16-9(2)11(15)13-6-5-10-7-12-8-14(10)3/h7-9H,4-6H2,1-3H3,(H,13,15). The first-order valence-corrected chi connectivity index (χ1v) is 5.49. The van der Waals surface area contributed by atoms with Gasteiger partial charge in [-0.15, -0.1) is 0 Å². The van der Waals surface area contributed by atoms with Crippen molar-refractivity contribution in [3.05, 3.63) is 18.2 Å². The normalized spacial score (nSPS) is 12.4. The molecule has 1 N–H and O–H groups in total. The summed E-state index contributed by atoms with van der Waals surface area (Å²) in [5.41, 5.74) is 1.10. The largest absolute Gasteiger partial charge is 0.369 e. The van der Waals surface area contributed by atoms with Crippen molar-refractivity contribution < 1.29 is 9.53 Å². The topological polar surface area (TPSA) is 56.1 Å². The second-order valence-corrected chi connectivity index (χ2v) is 3.63. The van der Waals surface area contributed by atoms with Crippen molar-refractivity contribution >= 4 is 5.91 Å². The maximum atomic E-state index is 11.5. The van der Waals surface area contributed by atoms with E-state index in [1.54, 1.807) is 19.4 Å². The zero-order chi connectivity index (χ0) is 12.0. The number of rotatable bonds is 6. The summed E-state index contributed by atoms with van der Waals surface area (Å²) in [6.45, 7) is 4.79. The molecule has 0 aliphatic rings. The first kappa shape index (κ1) is 12.7. The maximum Gasteiger partial charge on any atom is 0.248 e. The average molecular weight is 225 g/mol. The molecule has 90 valence electrons. The molecule has 5 heteroatoms. The molecule has 5 nitrogen and oxygen atoms in total. The molecule has 1 aromatic heterocycles. The molecule has 0 radical (unpaired) electrons. The van der Waals surface area contributed by atoms with Gasteiger partial charge in [0.15, 0.2) is 0 Å². The summed E-state index contributed by atoms with van der Waals surface area (Å²) in [6.07, 6.45) is 3.95. The summed E-state index contributed by atoms with van der Waals surface area (Å²) in [7, 11) is 1.94. The van der Waals surface area contributed by atoms with E-state index in [0.29, 0.717) is 13.2 Å². The quantitative estimate of drug-likeness (QED) is 0.767. The van der Waals surface area contributed by atoms with E-state index < -0.39 is 0 Å². The molecule has 0 saturated carbocycles. The third kappa shape index (κ3) is 3.66. The van der Waals surface area contributed by atoms with Crippen LogP contribution >= 0.6 is 0 Å². The highest BCUT2D eigenvalue weighted by atomic mass is 16.5. The Kier molecular flexibility index (Phi) is 4.98. The number of hydrogen-bond acceptors (Lipinski definition) is 3. The third-order valence-corrected chi connectivity index (χ3v) is 2.38. The van der Waals surface area contributed by atoms with Crippen LogP contribution < -0.4 is 5.32 Å². The number of hydrogen-bond donors (Lipinski definition) is 1. The average Bonchev–Trinajstić information content (AvgIpc) is 2.65. The second-order valence-electron chi connectivity index (χ2n) is 3.63. The summed E-state index contributed by atoms with van der Waals surface area (Å²) in [6, 6.07) is 0. The minimum absolute atomic E-state index is 0.0657. The Bertz CT molecular complexity index is 336. The summed E-state index contributed by atoms with van der Waals surface area (Å²) >= 11 is 0. The Morgan fingerprint density at radius 1 is 1.69 bits per heavy atom. The van der Waals surface area contributed by atoms with Gasteiger partial charge >= 0.3 is 0 Å². The molecular weight excluding hydrogens is 206 g/mol. The monoisotopic (exact) mass is 225 g/mol. The van der Waals surface area contributed by atoms with E-state index in [1.807, 2.05) is 18.5 Å². The van der Waals surface area contributed by atoms with Gasteiger partial charge in [-0.3, -0.25) is 4.79 Å². The van der Waals surface area contributed by atoms with Crippen LogP contribution in [0.5, 0.6) is 0 Å². The highest BCUT2D eigenvalue weighted by Crippen LogP contribution is 1.96. The van der Waals surface area contributed by atoms with Crippen LogP contribution in [0.4, 0.5) is 0 Å². The van der Waals surface area contributed by atoms with Crippen molar-refractivity contribution in [1.82, 2.24) is 14.9 Å². The fraction of sp³-hybridized carbons (Fsp3) is 0.636. The number of carbonyl (C=O) groups excluding carboxylic acids is 1. The fourth-order valence-corrected chi connectivity index (χ4v) is 1.41. The number of imidazole rings is 1. The zero-order valence-electron chi connectivity index (χ0n) is 10.1. The van der Waals surface area contributed by atoms with Crippen LogP contribution in [0.25, 0.3) is 0 Å². The van der Waals surface area contributed by atoms with E-state index in [4.69, 9.17) is 4.74 Å². The van der Waals surface area contributed by atoms with Gasteiger partial charge in [0.2, 0.25) is 5.91 Å². The van der Waals surface area contributed by atoms with Crippen LogP contribution in [0.15, 0.2) is 12.5 Å². The maximum absolute atomic E-state index is 11.5. The van der Waals surface area contributed by atoms with Crippen molar-refractivity contribution in [1.29, 1.82) is 0 Å². The SMILES string of the molecule is CCOC(C)C(=O)NCCc1cncn1C. The van der Waals surface area contributed by atoms with E-state index in [0.717, 1.165) is 12.1 Å². The van der Waals surface area contributed by atoms with Gasteiger partial charge in [-0.25, -0.2) is 4.98 Å². The predicted molar refractivity (Wildman–Crippen MR) is 61.0 cm³/mol. The Hall–Kier alpha value is -1.36. The van der Waals surface area contributed by atoms with E-state index >= 15 is 0 Å². The van der Waals surface area contributed by atoms with Crippen molar-refractivity contribution in [2.45, 2.75) is 26.4 Å². The van der Waals surface area contributed by atoms with E-state index in [2.05, 4.69) is 10.3 Å². The molecule has 0 spiro atoms. The first-order chi connectivity index (χ1) is 7.65. The highest BCUT2D eigenvalue weighted by molar-refractivity contribution is 5.80. The highest BCUT2D eigenvalue weighted by Gasteiger charge is 2.11. The molecule has 1 atom stereocenters. The van der Waals surface area contributed by atoms with Gasteiger partial charge in [-0.2, -0.15) is 0 Å². The number of nitrogens with one attached hydrogen (secondary N) is 1. The van der Waals surface area contributed by atoms with Crippen LogP contribution in [-0.2, 0) is 23.0 Å². The van der Waals surface area contributed by atoms with Gasteiger partial charge in [0.1, 0.15) is 6.10 Å². The third-order valence-electron chi connectivity index (χ3n) is 2.38. The smallest absolute Gasteiger partial charge is 0.248 e. The van der Waals surface area contributed by atoms with Crippen LogP contribution in [-0.4, -0.2) is 34.7 Å². The van der Waals surface area contributed by atoms with Crippen LogP contribution in [0.1, 0.15) is 19.5 Å². The summed E-state index contributed by atoms with van der Waals surface area (Å²) in [4.78, 5) is 15.5. The zero-order valence-corrected chi connectivity index (χ0v) is 10.1. The minimum atomic E-state index is -0.378. The van der Waals surface area contributed by atoms with Gasteiger partial charge in [0.05, 0.1) is 6.33 Å². The molecule has 0 aliphatic carbocycles. The molecule has 0 aromatic carbocycles. The minimum Gasteiger partial charge on any atom is -0.369 e. The number of aromatic nitrogens is 2. The van der Waals surface area contributed by atoms with Gasteiger partial charge in [-0.1, -0.05) is 0 Å². The molecule has 1 rings (SSSR count). The van der Waals surface area contributed by atoms with Crippen LogP contribution in [0, 0.1) is 0 Å². The van der Waals surface area contributed by atoms with Gasteiger partial charge in [0.25, 0.3) is 0 Å². The summed E-state index contributed by atoms with van der Waals surface area (Å²) in [5.74, 6) is -0.0657. The predicted octanol–water partition coefficient (Wildman–Crippen LogP) is 0.504. The van der Waals surface area contributed by atoms with Crippen molar-refractivity contribution in [3.63, 3.8) is 0 Å². The van der Waals surface area contributed by atoms with Crippen molar-refractivity contribution in [2.75, 3.05) is 13.2 Å². The Morgan fingerprint density at radius 3 is 3.00 bits per heavy atom. The van der Waals surface area contributed by atoms with Crippen molar-refractivity contribution in [3.8, 4) is 0 Å². The molecule has 1 heterocycles. The molecule has 16 heavy (non-hydrogen) atoms. The van der Waals surface area contributed by atoms with E-state index in [-0.39, 0.29) is 12.0 Å². The first-order valence-electron chi connectivity index (χ1n) is 5.49. The van der Waals surface area contributed by atoms with Crippen LogP contribution in [0.3, 0.4) is 0 Å². The lowest BCUT2D eigenvalue weighted by molar-refractivity contribution is -0.131. The number of aryl methyl sites for hydroxylation is 1. The number of ether oxygens (including phenoxy) is 1. The molecule has 0 fully saturated rings. The van der Waals surface area contributed by atoms with Crippen molar-refractivity contribution in [2.24, 2.45) is 7.05 Å². The molecular formula is C11H19N3O2. The Labute approximate surface area is 95.8 Å². The second kappa shape index (κ2) is 6.27. The molecule has 0 aliphatic heterocycles. The van der Waals surface area contributed by atoms with E-state index in [9.17, 15) is 4.79 Å². The van der Waals surface area contributed by atoms with Gasteiger partial charge in [0, 0.05) is 38.5 Å². The lowest BCUT2D eigenvalue weighted by atomic mass is 10.3. The number of amides is 1. The lowest BCUT2D eigenvalue weighted by Gasteiger charge is -2.11. The summed E-state index contributed by atoms with van der Waals surface area (Å²) < 4.78 is 7.13. The lowest BCUT2D eigenvalue weighted by Crippen LogP contribution is -2.35. The van der Waals surface area contributed by atoms with E-state index in [1.165, 1.54) is 0 Å². The van der Waals surface area contributed by atoms with Gasteiger partial charge < -0.3 is 14.6 Å². The molecule has 1 amide bonds. The Morgan fingerprint density at radius 2 is 2.44 bits per heavy atom. The number of nitrogens with zero attached hydrogens (tertiary/aromatic N) is 2. The molecule has 0 bridgehead atoms. The summed E-state index contributed by atoms with van der Waals surface area (Å²) in [5, 5.41) is 2.83. The van der Waals surface area contributed by atoms with Crippen LogP contribution in [0.2, 0.25) is 0 Å². The Balaban J connectivity index is 2.25. The molecule has 0 saturated heterocycles. The number of carbonyl (C=O) groups is 1. The van der Waals surface area contributed by atoms with Gasteiger partial charge in [-0.05, 0) is 13.8 Å². The molecule has 1 unspecified atom stereocenters.